The van der Waals surface area contributed by atoms with Gasteiger partial charge in [0.15, 0.2) is 0 Å². The van der Waals surface area contributed by atoms with E-state index in [1.54, 1.807) is 18.3 Å². The van der Waals surface area contributed by atoms with Crippen LogP contribution in [0.1, 0.15) is 5.56 Å². The Morgan fingerprint density at radius 2 is 1.68 bits per heavy atom. The molecule has 0 fully saturated rings. The molecule has 0 saturated heterocycles. The second kappa shape index (κ2) is 7.74. The van der Waals surface area contributed by atoms with Gasteiger partial charge in [-0.05, 0) is 35.9 Å². The zero-order valence-corrected chi connectivity index (χ0v) is 13.2. The van der Waals surface area contributed by atoms with Gasteiger partial charge >= 0.3 is 0 Å². The van der Waals surface area contributed by atoms with E-state index in [0.717, 1.165) is 11.3 Å². The van der Waals surface area contributed by atoms with Gasteiger partial charge in [-0.25, -0.2) is 0 Å². The molecule has 0 radical (unpaired) electrons. The average molecular weight is 333 g/mol. The molecule has 0 aliphatic rings. The van der Waals surface area contributed by atoms with Crippen LogP contribution in [0.25, 0.3) is 0 Å². The highest BCUT2D eigenvalue weighted by Gasteiger charge is 2.04. The molecule has 0 unspecified atom stereocenters. The van der Waals surface area contributed by atoms with Crippen molar-refractivity contribution in [2.45, 2.75) is 0 Å². The van der Waals surface area contributed by atoms with Crippen LogP contribution in [0.2, 0.25) is 0 Å². The van der Waals surface area contributed by atoms with Crippen molar-refractivity contribution in [1.29, 1.82) is 0 Å². The lowest BCUT2D eigenvalue weighted by Gasteiger charge is -2.05. The van der Waals surface area contributed by atoms with Crippen molar-refractivity contribution in [3.63, 3.8) is 0 Å². The first kappa shape index (κ1) is 16.2. The molecular formula is C19H15N3O3. The Labute approximate surface area is 144 Å². The number of hydrazone groups is 1. The van der Waals surface area contributed by atoms with Gasteiger partial charge in [0.05, 0.1) is 16.8 Å². The zero-order chi connectivity index (χ0) is 17.5. The summed E-state index contributed by atoms with van der Waals surface area (Å²) >= 11 is 0. The largest absolute Gasteiger partial charge is 0.457 e. The molecule has 3 aromatic carbocycles. The van der Waals surface area contributed by atoms with Gasteiger partial charge in [0.25, 0.3) is 5.69 Å². The molecular weight excluding hydrogens is 318 g/mol. The summed E-state index contributed by atoms with van der Waals surface area (Å²) in [6.45, 7) is 0. The number of benzene rings is 3. The van der Waals surface area contributed by atoms with Crippen LogP contribution in [-0.4, -0.2) is 11.1 Å². The molecule has 0 amide bonds. The van der Waals surface area contributed by atoms with Gasteiger partial charge in [-0.15, -0.1) is 0 Å². The summed E-state index contributed by atoms with van der Waals surface area (Å²) in [6.07, 6.45) is 1.62. The molecule has 0 aliphatic carbocycles. The van der Waals surface area contributed by atoms with Crippen LogP contribution < -0.4 is 10.2 Å². The summed E-state index contributed by atoms with van der Waals surface area (Å²) in [5, 5.41) is 14.9. The lowest BCUT2D eigenvalue weighted by atomic mass is 10.2. The van der Waals surface area contributed by atoms with E-state index in [2.05, 4.69) is 10.5 Å². The summed E-state index contributed by atoms with van der Waals surface area (Å²) < 4.78 is 5.77. The molecule has 6 nitrogen and oxygen atoms in total. The molecule has 0 aromatic heterocycles. The molecule has 0 saturated carbocycles. The number of nitrogens with one attached hydrogen (secondary N) is 1. The fourth-order valence-electron chi connectivity index (χ4n) is 2.15. The average Bonchev–Trinajstić information content (AvgIpc) is 2.63. The Kier molecular flexibility index (Phi) is 5.01. The lowest BCUT2D eigenvalue weighted by Crippen LogP contribution is -1.93. The first-order chi connectivity index (χ1) is 12.2. The lowest BCUT2D eigenvalue weighted by molar-refractivity contribution is -0.384. The van der Waals surface area contributed by atoms with Crippen molar-refractivity contribution >= 4 is 17.6 Å². The molecule has 0 heterocycles. The predicted octanol–water partition coefficient (Wildman–Crippen LogP) is 4.83. The van der Waals surface area contributed by atoms with Gasteiger partial charge in [-0.3, -0.25) is 15.5 Å². The number of nitro groups is 1. The number of rotatable bonds is 6. The van der Waals surface area contributed by atoms with Crippen molar-refractivity contribution in [3.05, 3.63) is 94.5 Å². The Bertz CT molecular complexity index is 895. The van der Waals surface area contributed by atoms with E-state index in [0.29, 0.717) is 11.4 Å². The molecule has 0 spiro atoms. The van der Waals surface area contributed by atoms with Crippen molar-refractivity contribution in [1.82, 2.24) is 0 Å². The van der Waals surface area contributed by atoms with Crippen LogP contribution in [0.3, 0.4) is 0 Å². The first-order valence-electron chi connectivity index (χ1n) is 7.57. The number of ether oxygens (including phenoxy) is 1. The Hall–Kier alpha value is -3.67. The maximum Gasteiger partial charge on any atom is 0.271 e. The van der Waals surface area contributed by atoms with Gasteiger partial charge in [-0.2, -0.15) is 5.10 Å². The van der Waals surface area contributed by atoms with Crippen molar-refractivity contribution in [2.75, 3.05) is 5.43 Å². The number of para-hydroxylation sites is 1. The molecule has 3 aromatic rings. The molecule has 124 valence electrons. The van der Waals surface area contributed by atoms with Gasteiger partial charge in [-0.1, -0.05) is 36.4 Å². The summed E-state index contributed by atoms with van der Waals surface area (Å²) in [5.41, 5.74) is 4.18. The number of non-ortho nitro benzene ring substituents is 1. The fourth-order valence-corrected chi connectivity index (χ4v) is 2.15. The maximum absolute atomic E-state index is 10.8. The normalized spacial score (nSPS) is 10.6. The monoisotopic (exact) mass is 333 g/mol. The van der Waals surface area contributed by atoms with Crippen LogP contribution in [0.15, 0.2) is 84.0 Å². The van der Waals surface area contributed by atoms with Crippen LogP contribution in [0.4, 0.5) is 11.4 Å². The minimum Gasteiger partial charge on any atom is -0.457 e. The fraction of sp³-hybridized carbons (Fsp3) is 0. The molecule has 0 aliphatic heterocycles. The van der Waals surface area contributed by atoms with E-state index in [1.807, 2.05) is 54.6 Å². The van der Waals surface area contributed by atoms with Gasteiger partial charge in [0.2, 0.25) is 0 Å². The minimum atomic E-state index is -0.445. The maximum atomic E-state index is 10.8. The van der Waals surface area contributed by atoms with Crippen LogP contribution in [-0.2, 0) is 0 Å². The number of nitrogens with zero attached hydrogens (tertiary/aromatic N) is 2. The quantitative estimate of drug-likeness (QED) is 0.398. The third-order valence-electron chi connectivity index (χ3n) is 3.30. The van der Waals surface area contributed by atoms with E-state index in [1.165, 1.54) is 12.1 Å². The molecule has 1 N–H and O–H groups in total. The van der Waals surface area contributed by atoms with E-state index >= 15 is 0 Å². The van der Waals surface area contributed by atoms with Crippen molar-refractivity contribution in [2.24, 2.45) is 5.10 Å². The van der Waals surface area contributed by atoms with Crippen LogP contribution in [0, 0.1) is 10.1 Å². The van der Waals surface area contributed by atoms with Crippen molar-refractivity contribution in [3.8, 4) is 11.5 Å². The minimum absolute atomic E-state index is 0.0125. The highest BCUT2D eigenvalue weighted by Crippen LogP contribution is 2.21. The summed E-state index contributed by atoms with van der Waals surface area (Å²) in [5.74, 6) is 1.46. The molecule has 0 bridgehead atoms. The smallest absolute Gasteiger partial charge is 0.271 e. The van der Waals surface area contributed by atoms with E-state index < -0.39 is 4.92 Å². The molecule has 0 atom stereocenters. The van der Waals surface area contributed by atoms with Gasteiger partial charge < -0.3 is 4.74 Å². The number of anilines is 1. The SMILES string of the molecule is O=[N+]([O-])c1cccc(NN=Cc2cccc(Oc3ccccc3)c2)c1. The van der Waals surface area contributed by atoms with E-state index in [9.17, 15) is 10.1 Å². The Morgan fingerprint density at radius 1 is 0.920 bits per heavy atom. The topological polar surface area (TPSA) is 76.8 Å². The molecule has 25 heavy (non-hydrogen) atoms. The Balaban J connectivity index is 1.66. The van der Waals surface area contributed by atoms with E-state index in [-0.39, 0.29) is 5.69 Å². The summed E-state index contributed by atoms with van der Waals surface area (Å²) in [7, 11) is 0. The van der Waals surface area contributed by atoms with Crippen LogP contribution in [0.5, 0.6) is 11.5 Å². The third kappa shape index (κ3) is 4.65. The predicted molar refractivity (Wildman–Crippen MR) is 97.3 cm³/mol. The molecule has 3 rings (SSSR count). The standard InChI is InChI=1S/C19H15N3O3/c23-22(24)17-8-5-7-16(13-17)21-20-14-15-6-4-11-19(12-15)25-18-9-2-1-3-10-18/h1-14,21H. The highest BCUT2D eigenvalue weighted by atomic mass is 16.6. The van der Waals surface area contributed by atoms with Gasteiger partial charge in [0, 0.05) is 12.1 Å². The number of hydrogen-bond acceptors (Lipinski definition) is 5. The van der Waals surface area contributed by atoms with Gasteiger partial charge in [0.1, 0.15) is 11.5 Å². The Morgan fingerprint density at radius 3 is 2.48 bits per heavy atom. The molecule has 6 heteroatoms. The first-order valence-corrected chi connectivity index (χ1v) is 7.57. The van der Waals surface area contributed by atoms with Crippen molar-refractivity contribution < 1.29 is 9.66 Å². The highest BCUT2D eigenvalue weighted by molar-refractivity contribution is 5.80. The third-order valence-corrected chi connectivity index (χ3v) is 3.30. The number of hydrogen-bond donors (Lipinski definition) is 1. The zero-order valence-electron chi connectivity index (χ0n) is 13.2. The summed E-state index contributed by atoms with van der Waals surface area (Å²) in [6, 6.07) is 23.1. The second-order valence-corrected chi connectivity index (χ2v) is 5.17. The second-order valence-electron chi connectivity index (χ2n) is 5.17. The summed E-state index contributed by atoms with van der Waals surface area (Å²) in [4.78, 5) is 10.3. The number of nitro benzene ring substituents is 1. The van der Waals surface area contributed by atoms with Crippen LogP contribution >= 0.6 is 0 Å². The van der Waals surface area contributed by atoms with E-state index in [4.69, 9.17) is 4.74 Å².